The summed E-state index contributed by atoms with van der Waals surface area (Å²) >= 11 is 0. The Balaban J connectivity index is 1.35. The molecule has 7 aliphatic rings. The monoisotopic (exact) mass is 1600 g/mol. The lowest BCUT2D eigenvalue weighted by molar-refractivity contribution is -0.219. The molecule has 112 heavy (non-hydrogen) atoms. The van der Waals surface area contributed by atoms with E-state index >= 15 is 47.1 Å². The Hall–Kier alpha value is -7.52. The SMILES string of the molecule is C=CCC[C@H]1C(=O)N[C@@H]([C@@H](C)CC)C(=O)N(C)CC(=O)N(C)[C@H]2CCCCCN(C2=O)[C@@H](CC2CCC(C(F)(F)F)CC2)C(=O)N(C)CC(=O)N[C@@H](CCC2CC(F)C(C(F)(F)F)C(F)C2)C(=O)N2C[C@H](OCC)C[C@H]2C(=O)N[C@](C)(CC=C)C(=O)N(C)[C@@H](C2CCCC2)C(=O)N(C)[C@H](C(=O)N2CCOCC2)CC(=O)N1C. The van der Waals surface area contributed by atoms with E-state index < -0.39 is 230 Å². The maximum absolute atomic E-state index is 15.8. The minimum absolute atomic E-state index is 0.00271. The van der Waals surface area contributed by atoms with Crippen LogP contribution in [-0.2, 0) is 67.0 Å². The second kappa shape index (κ2) is 40.7. The molecule has 0 aromatic heterocycles. The summed E-state index contributed by atoms with van der Waals surface area (Å²) in [4.78, 5) is 193. The molecular formula is C78H120F8N12O14. The second-order valence-corrected chi connectivity index (χ2v) is 32.3. The molecule has 0 spiro atoms. The highest BCUT2D eigenvalue weighted by molar-refractivity contribution is 6.01. The number of hydrogen-bond acceptors (Lipinski definition) is 14. The number of nitrogens with zero attached hydrogens (tertiary/aromatic N) is 9. The number of ether oxygens (including phenoxy) is 2. The van der Waals surface area contributed by atoms with Crippen LogP contribution in [0.25, 0.3) is 0 Å². The summed E-state index contributed by atoms with van der Waals surface area (Å²) in [5.74, 6) is -17.2. The number of fused-ring (bicyclic) bond motifs is 3. The minimum atomic E-state index is -5.23. The number of morpholine rings is 1. The summed E-state index contributed by atoms with van der Waals surface area (Å²) in [5, 5.41) is 8.30. The number of carbonyl (C=O) groups is 12. The molecule has 0 radical (unpaired) electrons. The molecule has 7 rings (SSSR count). The van der Waals surface area contributed by atoms with Crippen LogP contribution >= 0.6 is 0 Å². The predicted molar refractivity (Wildman–Crippen MR) is 397 cm³/mol. The number of carbonyl (C=O) groups excluding carboxylic acids is 12. The topological polar surface area (TPSA) is 289 Å². The summed E-state index contributed by atoms with van der Waals surface area (Å²) in [7, 11) is 7.94. The number of hydrogen-bond donors (Lipinski definition) is 3. The zero-order chi connectivity index (χ0) is 83.0. The maximum atomic E-state index is 15.8. The first-order valence-electron chi connectivity index (χ1n) is 39.9. The number of halogens is 8. The number of allylic oxidation sites excluding steroid dienone is 1. The predicted octanol–water partition coefficient (Wildman–Crippen LogP) is 6.68. The molecule has 7 fully saturated rings. The van der Waals surface area contributed by atoms with Crippen LogP contribution in [0.1, 0.15) is 175 Å². The van der Waals surface area contributed by atoms with Gasteiger partial charge >= 0.3 is 12.4 Å². The van der Waals surface area contributed by atoms with E-state index in [1.807, 2.05) is 0 Å². The van der Waals surface area contributed by atoms with Crippen LogP contribution in [0.15, 0.2) is 25.3 Å². The minimum Gasteiger partial charge on any atom is -0.378 e. The molecular weight excluding hydrogens is 1480 g/mol. The molecule has 4 saturated heterocycles. The van der Waals surface area contributed by atoms with Crippen LogP contribution in [0.4, 0.5) is 35.1 Å². The maximum Gasteiger partial charge on any atom is 0.397 e. The third-order valence-electron chi connectivity index (χ3n) is 24.5. The Morgan fingerprint density at radius 1 is 0.625 bits per heavy atom. The second-order valence-electron chi connectivity index (χ2n) is 32.3. The fourth-order valence-corrected chi connectivity index (χ4v) is 17.5. The molecule has 26 nitrogen and oxygen atoms in total. The summed E-state index contributed by atoms with van der Waals surface area (Å²) in [6.07, 6.45) is -13.6. The van der Waals surface area contributed by atoms with Crippen molar-refractivity contribution in [3.63, 3.8) is 0 Å². The molecule has 3 N–H and O–H groups in total. The molecule has 632 valence electrons. The molecule has 0 aromatic carbocycles. The van der Waals surface area contributed by atoms with E-state index in [0.717, 1.165) is 29.4 Å². The van der Waals surface area contributed by atoms with Crippen molar-refractivity contribution in [2.45, 2.75) is 260 Å². The van der Waals surface area contributed by atoms with E-state index in [-0.39, 0.29) is 117 Å². The van der Waals surface area contributed by atoms with E-state index in [0.29, 0.717) is 51.4 Å². The van der Waals surface area contributed by atoms with E-state index in [2.05, 4.69) is 29.1 Å². The average molecular weight is 1600 g/mol. The van der Waals surface area contributed by atoms with Crippen molar-refractivity contribution in [2.24, 2.45) is 35.5 Å². The van der Waals surface area contributed by atoms with Crippen LogP contribution in [0.3, 0.4) is 0 Å². The Bertz CT molecular complexity index is 3310. The fraction of sp³-hybridized carbons (Fsp3) is 0.795. The summed E-state index contributed by atoms with van der Waals surface area (Å²) in [5.41, 5.74) is -1.99. The number of alkyl halides is 8. The molecule has 4 aliphatic heterocycles. The van der Waals surface area contributed by atoms with Gasteiger partial charge in [-0.2, -0.15) is 26.3 Å². The molecule has 0 aromatic rings. The normalized spacial score (nSPS) is 32.2. The standard InChI is InChI=1S/C78H120F8N12O14/c1-13-17-25-56-67(102)88-65(47(5)15-3)73(108)91(8)46-63(101)93(10)57-26-19-18-22-34-97(72(57)107)60(41-48-27-30-51(31-28-48)77(81,82)83)70(105)90(7)45-61(99)87-55(32-29-49-39-53(79)64(54(80)40-49)78(84,85)86)69(104)98-44-52(112-16-4)42-58(98)68(103)89-76(6,33-14-2)75(110)95(12)66(50-23-20-21-24-50)74(109)94(11)59(43-62(100)92(56)9)71(106)96-35-37-111-38-36-96/h13-14,47-60,64-66H,1-2,15-46H2,3-12H3,(H,87,99)(H,88,102)(H,89,103)/t47-,48?,49?,51?,52+,53?,54?,55-,56-,57-,58-,59-,60-,64?,65-,66-,76+/m0/s1. The van der Waals surface area contributed by atoms with E-state index in [4.69, 9.17) is 9.47 Å². The van der Waals surface area contributed by atoms with Gasteiger partial charge in [0, 0.05) is 81.5 Å². The highest BCUT2D eigenvalue weighted by atomic mass is 19.4. The Morgan fingerprint density at radius 3 is 1.84 bits per heavy atom. The van der Waals surface area contributed by atoms with Crippen LogP contribution < -0.4 is 16.0 Å². The largest absolute Gasteiger partial charge is 0.397 e. The summed E-state index contributed by atoms with van der Waals surface area (Å²) in [6, 6.07) is -11.6. The highest BCUT2D eigenvalue weighted by Gasteiger charge is 2.55. The van der Waals surface area contributed by atoms with Gasteiger partial charge in [0.1, 0.15) is 72.1 Å². The first-order chi connectivity index (χ1) is 52.7. The van der Waals surface area contributed by atoms with E-state index in [9.17, 15) is 45.5 Å². The van der Waals surface area contributed by atoms with Gasteiger partial charge < -0.3 is 69.5 Å². The van der Waals surface area contributed by atoms with Gasteiger partial charge in [0.25, 0.3) is 0 Å². The molecule has 3 saturated carbocycles. The van der Waals surface area contributed by atoms with Crippen LogP contribution in [0.5, 0.6) is 0 Å². The summed E-state index contributed by atoms with van der Waals surface area (Å²) < 4.78 is 127. The van der Waals surface area contributed by atoms with Crippen LogP contribution in [0.2, 0.25) is 0 Å². The smallest absolute Gasteiger partial charge is 0.378 e. The molecule has 2 bridgehead atoms. The Kier molecular flexibility index (Phi) is 33.3. The van der Waals surface area contributed by atoms with Gasteiger partial charge in [-0.1, -0.05) is 58.1 Å². The van der Waals surface area contributed by atoms with E-state index in [1.165, 1.54) is 76.1 Å². The van der Waals surface area contributed by atoms with Gasteiger partial charge in [0.05, 0.1) is 44.7 Å². The van der Waals surface area contributed by atoms with E-state index in [1.54, 1.807) is 20.8 Å². The number of likely N-dealkylation sites (N-methyl/N-ethyl adjacent to an activating group) is 6. The molecule has 3 aliphatic carbocycles. The average Bonchev–Trinajstić information content (AvgIpc) is 1.54. The van der Waals surface area contributed by atoms with Crippen molar-refractivity contribution < 1.29 is 102 Å². The molecule has 4 heterocycles. The lowest BCUT2D eigenvalue weighted by atomic mass is 9.76. The third-order valence-corrected chi connectivity index (χ3v) is 24.5. The lowest BCUT2D eigenvalue weighted by Gasteiger charge is -2.42. The number of rotatable bonds is 16. The van der Waals surface area contributed by atoms with Crippen molar-refractivity contribution in [1.82, 2.24) is 60.0 Å². The first kappa shape index (κ1) is 91.7. The number of amides is 12. The lowest BCUT2D eigenvalue weighted by Crippen LogP contribution is -2.65. The van der Waals surface area contributed by atoms with Crippen LogP contribution in [0, 0.1) is 35.5 Å². The van der Waals surface area contributed by atoms with Crippen LogP contribution in [-0.4, -0.2) is 301 Å². The highest BCUT2D eigenvalue weighted by Crippen LogP contribution is 2.45. The van der Waals surface area contributed by atoms with Gasteiger partial charge in [0.2, 0.25) is 70.9 Å². The first-order valence-corrected chi connectivity index (χ1v) is 39.9. The Labute approximate surface area is 652 Å². The fourth-order valence-electron chi connectivity index (χ4n) is 17.5. The van der Waals surface area contributed by atoms with Crippen molar-refractivity contribution in [3.05, 3.63) is 25.3 Å². The van der Waals surface area contributed by atoms with Gasteiger partial charge in [-0.15, -0.1) is 13.2 Å². The van der Waals surface area contributed by atoms with Crippen molar-refractivity contribution in [3.8, 4) is 0 Å². The van der Waals surface area contributed by atoms with Gasteiger partial charge in [0.15, 0.2) is 0 Å². The summed E-state index contributed by atoms with van der Waals surface area (Å²) in [6.45, 7) is 12.7. The molecule has 2 unspecified atom stereocenters. The zero-order valence-electron chi connectivity index (χ0n) is 66.8. The third kappa shape index (κ3) is 22.9. The van der Waals surface area contributed by atoms with Gasteiger partial charge in [-0.05, 0) is 140 Å². The molecule has 34 heteroatoms. The van der Waals surface area contributed by atoms with Crippen molar-refractivity contribution in [2.75, 3.05) is 101 Å². The zero-order valence-corrected chi connectivity index (χ0v) is 66.8. The molecule has 13 atom stereocenters. The Morgan fingerprint density at radius 2 is 1.25 bits per heavy atom. The van der Waals surface area contributed by atoms with Gasteiger partial charge in [-0.25, -0.2) is 8.78 Å². The number of nitrogens with one attached hydrogen (secondary N) is 3. The van der Waals surface area contributed by atoms with Crippen molar-refractivity contribution >= 4 is 70.9 Å². The van der Waals surface area contributed by atoms with Gasteiger partial charge in [-0.3, -0.25) is 57.5 Å². The molecule has 12 amide bonds. The van der Waals surface area contributed by atoms with Crippen molar-refractivity contribution in [1.29, 1.82) is 0 Å². The quantitative estimate of drug-likeness (QED) is 0.107.